The van der Waals surface area contributed by atoms with Crippen molar-refractivity contribution in [3.8, 4) is 5.75 Å². The standard InChI is InChI=1S/C16H26BrNO3/c1-16(2,3)15(8-9-19)18-10-13(20)11-21-14-6-4-12(17)5-7-14/h4-7,13,15,18-20H,8-11H2,1-3H3. The zero-order chi connectivity index (χ0) is 15.9. The number of halogens is 1. The van der Waals surface area contributed by atoms with Crippen molar-refractivity contribution in [3.63, 3.8) is 0 Å². The van der Waals surface area contributed by atoms with Crippen LogP contribution >= 0.6 is 15.9 Å². The first-order valence-electron chi connectivity index (χ1n) is 7.23. The maximum absolute atomic E-state index is 9.99. The van der Waals surface area contributed by atoms with Crippen molar-refractivity contribution in [3.05, 3.63) is 28.7 Å². The zero-order valence-electron chi connectivity index (χ0n) is 13.0. The van der Waals surface area contributed by atoms with Gasteiger partial charge in [0.2, 0.25) is 0 Å². The Kier molecular flexibility index (Phi) is 7.66. The van der Waals surface area contributed by atoms with Crippen LogP contribution in [0.4, 0.5) is 0 Å². The van der Waals surface area contributed by atoms with Gasteiger partial charge in [-0.05, 0) is 36.1 Å². The van der Waals surface area contributed by atoms with Crippen LogP contribution in [-0.4, -0.2) is 42.1 Å². The fourth-order valence-electron chi connectivity index (χ4n) is 2.03. The number of aliphatic hydroxyl groups excluding tert-OH is 2. The van der Waals surface area contributed by atoms with E-state index in [0.717, 1.165) is 10.2 Å². The third kappa shape index (κ3) is 7.27. The van der Waals surface area contributed by atoms with Gasteiger partial charge in [-0.3, -0.25) is 0 Å². The molecule has 1 aromatic carbocycles. The van der Waals surface area contributed by atoms with Crippen LogP contribution in [0.25, 0.3) is 0 Å². The van der Waals surface area contributed by atoms with E-state index in [4.69, 9.17) is 9.84 Å². The number of ether oxygens (including phenoxy) is 1. The summed E-state index contributed by atoms with van der Waals surface area (Å²) in [6.45, 7) is 7.17. The molecule has 1 rings (SSSR count). The summed E-state index contributed by atoms with van der Waals surface area (Å²) in [5.74, 6) is 0.736. The van der Waals surface area contributed by atoms with Crippen molar-refractivity contribution >= 4 is 15.9 Å². The van der Waals surface area contributed by atoms with E-state index in [9.17, 15) is 5.11 Å². The summed E-state index contributed by atoms with van der Waals surface area (Å²) in [5.41, 5.74) is 0.0367. The molecule has 2 unspecified atom stereocenters. The van der Waals surface area contributed by atoms with Crippen LogP contribution in [-0.2, 0) is 0 Å². The second-order valence-electron chi connectivity index (χ2n) is 6.26. The van der Waals surface area contributed by atoms with Gasteiger partial charge in [0.1, 0.15) is 18.5 Å². The molecule has 0 spiro atoms. The molecule has 0 aliphatic heterocycles. The highest BCUT2D eigenvalue weighted by Gasteiger charge is 2.24. The van der Waals surface area contributed by atoms with E-state index >= 15 is 0 Å². The quantitative estimate of drug-likeness (QED) is 0.667. The Bertz CT molecular complexity index is 403. The van der Waals surface area contributed by atoms with Gasteiger partial charge < -0.3 is 20.3 Å². The lowest BCUT2D eigenvalue weighted by Crippen LogP contribution is -2.45. The van der Waals surface area contributed by atoms with Crippen LogP contribution in [0.2, 0.25) is 0 Å². The first-order valence-corrected chi connectivity index (χ1v) is 8.03. The first kappa shape index (κ1) is 18.4. The van der Waals surface area contributed by atoms with Gasteiger partial charge in [-0.15, -0.1) is 0 Å². The molecule has 0 saturated heterocycles. The van der Waals surface area contributed by atoms with E-state index in [2.05, 4.69) is 42.0 Å². The molecule has 0 amide bonds. The largest absolute Gasteiger partial charge is 0.491 e. The zero-order valence-corrected chi connectivity index (χ0v) is 14.6. The molecule has 0 saturated carbocycles. The van der Waals surface area contributed by atoms with Gasteiger partial charge in [-0.1, -0.05) is 36.7 Å². The number of hydrogen-bond donors (Lipinski definition) is 3. The fourth-order valence-corrected chi connectivity index (χ4v) is 2.30. The molecule has 4 nitrogen and oxygen atoms in total. The average molecular weight is 360 g/mol. The molecule has 0 aliphatic rings. The Morgan fingerprint density at radius 3 is 2.38 bits per heavy atom. The molecule has 1 aromatic rings. The van der Waals surface area contributed by atoms with E-state index < -0.39 is 6.10 Å². The van der Waals surface area contributed by atoms with Crippen LogP contribution in [0.15, 0.2) is 28.7 Å². The van der Waals surface area contributed by atoms with Gasteiger partial charge in [0.25, 0.3) is 0 Å². The Morgan fingerprint density at radius 1 is 1.24 bits per heavy atom. The van der Waals surface area contributed by atoms with Crippen LogP contribution in [0.5, 0.6) is 5.75 Å². The Morgan fingerprint density at radius 2 is 1.86 bits per heavy atom. The second kappa shape index (κ2) is 8.73. The Hall–Kier alpha value is -0.620. The summed E-state index contributed by atoms with van der Waals surface area (Å²) in [6, 6.07) is 7.67. The molecule has 0 fully saturated rings. The van der Waals surface area contributed by atoms with Crippen molar-refractivity contribution in [2.45, 2.75) is 39.3 Å². The molecular formula is C16H26BrNO3. The van der Waals surface area contributed by atoms with E-state index in [0.29, 0.717) is 13.0 Å². The summed E-state index contributed by atoms with van der Waals surface area (Å²) < 4.78 is 6.53. The highest BCUT2D eigenvalue weighted by molar-refractivity contribution is 9.10. The predicted molar refractivity (Wildman–Crippen MR) is 88.6 cm³/mol. The third-order valence-electron chi connectivity index (χ3n) is 3.32. The normalized spacial score (nSPS) is 14.8. The lowest BCUT2D eigenvalue weighted by atomic mass is 9.85. The lowest BCUT2D eigenvalue weighted by Gasteiger charge is -2.32. The number of rotatable bonds is 8. The van der Waals surface area contributed by atoms with Gasteiger partial charge >= 0.3 is 0 Å². The lowest BCUT2D eigenvalue weighted by molar-refractivity contribution is 0.0936. The molecule has 5 heteroatoms. The van der Waals surface area contributed by atoms with Crippen LogP contribution < -0.4 is 10.1 Å². The highest BCUT2D eigenvalue weighted by Crippen LogP contribution is 2.21. The van der Waals surface area contributed by atoms with Crippen molar-refractivity contribution in [2.24, 2.45) is 5.41 Å². The number of hydrogen-bond acceptors (Lipinski definition) is 4. The summed E-state index contributed by atoms with van der Waals surface area (Å²) in [7, 11) is 0. The van der Waals surface area contributed by atoms with Gasteiger partial charge in [0.05, 0.1) is 0 Å². The van der Waals surface area contributed by atoms with Crippen LogP contribution in [0.3, 0.4) is 0 Å². The van der Waals surface area contributed by atoms with Crippen molar-refractivity contribution < 1.29 is 14.9 Å². The van der Waals surface area contributed by atoms with E-state index in [1.54, 1.807) is 0 Å². The minimum absolute atomic E-state index is 0.0367. The molecule has 0 radical (unpaired) electrons. The van der Waals surface area contributed by atoms with E-state index in [1.807, 2.05) is 24.3 Å². The van der Waals surface area contributed by atoms with Gasteiger partial charge in [0.15, 0.2) is 0 Å². The minimum atomic E-state index is -0.586. The van der Waals surface area contributed by atoms with E-state index in [-0.39, 0.29) is 24.7 Å². The second-order valence-corrected chi connectivity index (χ2v) is 7.17. The summed E-state index contributed by atoms with van der Waals surface area (Å²) in [4.78, 5) is 0. The first-order chi connectivity index (χ1) is 9.82. The van der Waals surface area contributed by atoms with Gasteiger partial charge in [0, 0.05) is 23.7 Å². The van der Waals surface area contributed by atoms with Crippen molar-refractivity contribution in [1.29, 1.82) is 0 Å². The molecule has 0 aliphatic carbocycles. The number of aliphatic hydroxyl groups is 2. The summed E-state index contributed by atoms with van der Waals surface area (Å²) in [6.07, 6.45) is 0.0845. The molecule has 120 valence electrons. The van der Waals surface area contributed by atoms with E-state index in [1.165, 1.54) is 0 Å². The van der Waals surface area contributed by atoms with Crippen molar-refractivity contribution in [1.82, 2.24) is 5.32 Å². The van der Waals surface area contributed by atoms with Gasteiger partial charge in [-0.2, -0.15) is 0 Å². The SMILES string of the molecule is CC(C)(C)C(CCO)NCC(O)COc1ccc(Br)cc1. The predicted octanol–water partition coefficient (Wildman–Crippen LogP) is 2.58. The molecule has 21 heavy (non-hydrogen) atoms. The Labute approximate surface area is 135 Å². The molecule has 0 bridgehead atoms. The average Bonchev–Trinajstić information content (AvgIpc) is 2.41. The summed E-state index contributed by atoms with van der Waals surface area (Å²) >= 11 is 3.36. The summed E-state index contributed by atoms with van der Waals surface area (Å²) in [5, 5.41) is 22.4. The number of benzene rings is 1. The molecule has 0 aromatic heterocycles. The topological polar surface area (TPSA) is 61.7 Å². The van der Waals surface area contributed by atoms with Gasteiger partial charge in [-0.25, -0.2) is 0 Å². The number of nitrogens with one attached hydrogen (secondary N) is 1. The molecule has 3 N–H and O–H groups in total. The fraction of sp³-hybridized carbons (Fsp3) is 0.625. The van der Waals surface area contributed by atoms with Crippen LogP contribution in [0.1, 0.15) is 27.2 Å². The third-order valence-corrected chi connectivity index (χ3v) is 3.85. The molecular weight excluding hydrogens is 334 g/mol. The maximum atomic E-state index is 9.99. The Balaban J connectivity index is 2.35. The van der Waals surface area contributed by atoms with Crippen molar-refractivity contribution in [2.75, 3.05) is 19.8 Å². The maximum Gasteiger partial charge on any atom is 0.119 e. The molecule has 2 atom stereocenters. The smallest absolute Gasteiger partial charge is 0.119 e. The highest BCUT2D eigenvalue weighted by atomic mass is 79.9. The molecule has 0 heterocycles. The minimum Gasteiger partial charge on any atom is -0.491 e. The monoisotopic (exact) mass is 359 g/mol. The van der Waals surface area contributed by atoms with Crippen LogP contribution in [0, 0.1) is 5.41 Å².